The Bertz CT molecular complexity index is 678. The van der Waals surface area contributed by atoms with E-state index < -0.39 is 5.60 Å². The molecule has 2 amide bonds. The van der Waals surface area contributed by atoms with Crippen molar-refractivity contribution in [3.8, 4) is 0 Å². The lowest BCUT2D eigenvalue weighted by Crippen LogP contribution is -2.61. The highest BCUT2D eigenvalue weighted by Crippen LogP contribution is 2.33. The molecule has 0 spiro atoms. The minimum Gasteiger partial charge on any atom is -0.378 e. The molecule has 0 bridgehead atoms. The van der Waals surface area contributed by atoms with E-state index in [1.165, 1.54) is 18.1 Å². The number of likely N-dealkylation sites (N-methyl/N-ethyl adjacent to an activating group) is 1. The molecule has 1 aliphatic carbocycles. The van der Waals surface area contributed by atoms with Crippen molar-refractivity contribution in [1.29, 1.82) is 0 Å². The maximum Gasteiger partial charge on any atom is 0.253 e. The predicted molar refractivity (Wildman–Crippen MR) is 99.7 cm³/mol. The Morgan fingerprint density at radius 3 is 2.38 bits per heavy atom. The van der Waals surface area contributed by atoms with Crippen LogP contribution in [-0.2, 0) is 22.4 Å². The molecule has 2 aliphatic rings. The zero-order valence-corrected chi connectivity index (χ0v) is 15.9. The minimum atomic E-state index is -1.50. The number of hydrogen-bond acceptors (Lipinski definition) is 4. The first-order chi connectivity index (χ1) is 12.3. The van der Waals surface area contributed by atoms with Crippen molar-refractivity contribution in [3.05, 3.63) is 35.4 Å². The summed E-state index contributed by atoms with van der Waals surface area (Å²) in [6, 6.07) is 8.37. The number of aliphatic hydroxyl groups is 1. The molecule has 1 atom stereocenters. The molecular weight excluding hydrogens is 330 g/mol. The summed E-state index contributed by atoms with van der Waals surface area (Å²) in [5.41, 5.74) is 0.942. The van der Waals surface area contributed by atoms with Crippen LogP contribution in [-0.4, -0.2) is 71.6 Å². The number of nitrogens with one attached hydrogen (secondary N) is 1. The highest BCUT2D eigenvalue weighted by molar-refractivity contribution is 5.86. The van der Waals surface area contributed by atoms with Crippen LogP contribution in [0.25, 0.3) is 0 Å². The molecule has 0 saturated carbocycles. The van der Waals surface area contributed by atoms with Gasteiger partial charge in [0.15, 0.2) is 5.60 Å². The van der Waals surface area contributed by atoms with Gasteiger partial charge in [0.05, 0.1) is 6.54 Å². The molecule has 1 unspecified atom stereocenters. The molecule has 1 aliphatic heterocycles. The second-order valence-corrected chi connectivity index (χ2v) is 8.00. The Morgan fingerprint density at radius 1 is 1.23 bits per heavy atom. The minimum absolute atomic E-state index is 0.0728. The average molecular weight is 359 g/mol. The van der Waals surface area contributed by atoms with Crippen molar-refractivity contribution >= 4 is 11.8 Å². The number of amides is 2. The van der Waals surface area contributed by atoms with Crippen molar-refractivity contribution in [2.45, 2.75) is 43.7 Å². The van der Waals surface area contributed by atoms with E-state index in [9.17, 15) is 14.7 Å². The fourth-order valence-electron chi connectivity index (χ4n) is 4.17. The molecule has 6 heteroatoms. The maximum atomic E-state index is 12.8. The van der Waals surface area contributed by atoms with Crippen LogP contribution in [0.4, 0.5) is 0 Å². The van der Waals surface area contributed by atoms with E-state index >= 15 is 0 Å². The van der Waals surface area contributed by atoms with E-state index in [0.717, 1.165) is 12.8 Å². The number of carbonyl (C=O) groups is 2. The summed E-state index contributed by atoms with van der Waals surface area (Å²) in [6.45, 7) is 2.61. The Kier molecular flexibility index (Phi) is 5.08. The summed E-state index contributed by atoms with van der Waals surface area (Å²) in [6.07, 6.45) is 2.76. The first-order valence-electron chi connectivity index (χ1n) is 9.26. The van der Waals surface area contributed by atoms with E-state index in [0.29, 0.717) is 25.9 Å². The highest BCUT2D eigenvalue weighted by atomic mass is 16.3. The predicted octanol–water partition coefficient (Wildman–Crippen LogP) is 0.575. The monoisotopic (exact) mass is 359 g/mol. The summed E-state index contributed by atoms with van der Waals surface area (Å²) in [5.74, 6) is -0.479. The highest BCUT2D eigenvalue weighted by Gasteiger charge is 2.44. The van der Waals surface area contributed by atoms with Crippen molar-refractivity contribution in [3.63, 3.8) is 0 Å². The third-order valence-corrected chi connectivity index (χ3v) is 6.02. The summed E-state index contributed by atoms with van der Waals surface area (Å²) >= 11 is 0. The molecular formula is C20H29N3O3. The van der Waals surface area contributed by atoms with E-state index in [1.54, 1.807) is 4.90 Å². The molecule has 1 aromatic carbocycles. The molecule has 3 rings (SSSR count). The van der Waals surface area contributed by atoms with E-state index in [-0.39, 0.29) is 23.9 Å². The van der Waals surface area contributed by atoms with Gasteiger partial charge in [0.2, 0.25) is 5.91 Å². The second-order valence-electron chi connectivity index (χ2n) is 8.00. The van der Waals surface area contributed by atoms with Gasteiger partial charge in [-0.3, -0.25) is 9.59 Å². The number of carbonyl (C=O) groups excluding carboxylic acids is 2. The van der Waals surface area contributed by atoms with E-state index in [4.69, 9.17) is 0 Å². The first kappa shape index (κ1) is 18.9. The van der Waals surface area contributed by atoms with Gasteiger partial charge in [-0.25, -0.2) is 0 Å². The molecule has 0 aromatic heterocycles. The zero-order chi connectivity index (χ0) is 18.9. The van der Waals surface area contributed by atoms with Gasteiger partial charge in [0.1, 0.15) is 0 Å². The topological polar surface area (TPSA) is 72.9 Å². The number of benzene rings is 1. The second kappa shape index (κ2) is 7.00. The largest absolute Gasteiger partial charge is 0.378 e. The molecule has 1 aromatic rings. The summed E-state index contributed by atoms with van der Waals surface area (Å²) < 4.78 is 0. The lowest BCUT2D eigenvalue weighted by Gasteiger charge is -2.40. The van der Waals surface area contributed by atoms with Crippen LogP contribution in [0.1, 0.15) is 30.9 Å². The molecule has 6 nitrogen and oxygen atoms in total. The van der Waals surface area contributed by atoms with Gasteiger partial charge < -0.3 is 20.2 Å². The van der Waals surface area contributed by atoms with Gasteiger partial charge in [-0.15, -0.1) is 0 Å². The zero-order valence-electron chi connectivity index (χ0n) is 15.9. The number of rotatable bonds is 4. The van der Waals surface area contributed by atoms with Crippen molar-refractivity contribution in [2.24, 2.45) is 0 Å². The average Bonchev–Trinajstić information content (AvgIpc) is 2.99. The SMILES string of the molecule is CC(=O)N1CCCC(O)(C(=O)NCC2(N(C)C)Cc3ccccc3C2)C1. The van der Waals surface area contributed by atoms with Crippen LogP contribution < -0.4 is 5.32 Å². The number of fused-ring (bicyclic) bond motifs is 1. The summed E-state index contributed by atoms with van der Waals surface area (Å²) in [4.78, 5) is 28.1. The maximum absolute atomic E-state index is 12.8. The van der Waals surface area contributed by atoms with Gasteiger partial charge in [0, 0.05) is 25.6 Å². The van der Waals surface area contributed by atoms with E-state index in [1.807, 2.05) is 26.2 Å². The van der Waals surface area contributed by atoms with Gasteiger partial charge in [-0.2, -0.15) is 0 Å². The number of nitrogens with zero attached hydrogens (tertiary/aromatic N) is 2. The van der Waals surface area contributed by atoms with Crippen molar-refractivity contribution in [1.82, 2.24) is 15.1 Å². The normalized spacial score (nSPS) is 24.4. The molecule has 1 heterocycles. The molecule has 2 N–H and O–H groups in total. The van der Waals surface area contributed by atoms with Crippen LogP contribution in [0.3, 0.4) is 0 Å². The summed E-state index contributed by atoms with van der Waals surface area (Å²) in [5, 5.41) is 13.8. The number of β-amino-alcohol motifs (C(OH)–C–C–N with tert-alkyl or cyclic N) is 1. The standard InChI is InChI=1S/C20H29N3O3/c1-15(24)23-10-6-9-20(26,14-23)18(25)21-13-19(22(2)3)11-16-7-4-5-8-17(16)12-19/h4-5,7-8,26H,6,9-14H2,1-3H3,(H,21,25). The molecule has 1 saturated heterocycles. The third kappa shape index (κ3) is 3.48. The molecule has 142 valence electrons. The number of likely N-dealkylation sites (tertiary alicyclic amines) is 1. The van der Waals surface area contributed by atoms with Crippen molar-refractivity contribution in [2.75, 3.05) is 33.7 Å². The molecule has 1 fully saturated rings. The van der Waals surface area contributed by atoms with Gasteiger partial charge in [0.25, 0.3) is 5.91 Å². The Balaban J connectivity index is 1.69. The molecule has 26 heavy (non-hydrogen) atoms. The lowest BCUT2D eigenvalue weighted by atomic mass is 9.90. The third-order valence-electron chi connectivity index (χ3n) is 6.02. The van der Waals surface area contributed by atoms with Crippen LogP contribution in [0.2, 0.25) is 0 Å². The Hall–Kier alpha value is -1.92. The van der Waals surface area contributed by atoms with Gasteiger partial charge in [-0.1, -0.05) is 24.3 Å². The van der Waals surface area contributed by atoms with Crippen LogP contribution in [0, 0.1) is 0 Å². The van der Waals surface area contributed by atoms with Crippen molar-refractivity contribution < 1.29 is 14.7 Å². The fourth-order valence-corrected chi connectivity index (χ4v) is 4.17. The smallest absolute Gasteiger partial charge is 0.253 e. The van der Waals surface area contributed by atoms with Crippen LogP contribution in [0.5, 0.6) is 0 Å². The number of hydrogen-bond donors (Lipinski definition) is 2. The Labute approximate surface area is 155 Å². The van der Waals surface area contributed by atoms with Crippen LogP contribution in [0.15, 0.2) is 24.3 Å². The molecule has 0 radical (unpaired) electrons. The van der Waals surface area contributed by atoms with Gasteiger partial charge >= 0.3 is 0 Å². The van der Waals surface area contributed by atoms with Crippen LogP contribution >= 0.6 is 0 Å². The Morgan fingerprint density at radius 2 is 1.85 bits per heavy atom. The first-order valence-corrected chi connectivity index (χ1v) is 9.26. The fraction of sp³-hybridized carbons (Fsp3) is 0.600. The summed E-state index contributed by atoms with van der Waals surface area (Å²) in [7, 11) is 4.07. The number of piperidine rings is 1. The lowest BCUT2D eigenvalue weighted by molar-refractivity contribution is -0.151. The quantitative estimate of drug-likeness (QED) is 0.825. The van der Waals surface area contributed by atoms with Gasteiger partial charge in [-0.05, 0) is 50.9 Å². The van der Waals surface area contributed by atoms with E-state index in [2.05, 4.69) is 22.3 Å².